The fourth-order valence-corrected chi connectivity index (χ4v) is 2.75. The largest absolute Gasteiger partial charge is 0.324 e. The van der Waals surface area contributed by atoms with Gasteiger partial charge in [-0.05, 0) is 18.2 Å². The third-order valence-corrected chi connectivity index (χ3v) is 4.99. The summed E-state index contributed by atoms with van der Waals surface area (Å²) < 4.78 is 22.9. The van der Waals surface area contributed by atoms with Crippen molar-refractivity contribution in [3.8, 4) is 0 Å². The van der Waals surface area contributed by atoms with E-state index in [4.69, 9.17) is 11.6 Å². The molecule has 0 heterocycles. The minimum Gasteiger partial charge on any atom is -0.324 e. The Morgan fingerprint density at radius 2 is 1.95 bits per heavy atom. The molecule has 4 nitrogen and oxygen atoms in total. The van der Waals surface area contributed by atoms with Gasteiger partial charge in [-0.2, -0.15) is 0 Å². The molecule has 0 fully saturated rings. The molecule has 0 aliphatic heterocycles. The molecule has 0 spiro atoms. The molecule has 1 rings (SSSR count). The fourth-order valence-electron chi connectivity index (χ4n) is 1.30. The quantitative estimate of drug-likeness (QED) is 0.917. The molecule has 0 aliphatic rings. The van der Waals surface area contributed by atoms with Gasteiger partial charge in [-0.25, -0.2) is 8.42 Å². The molecule has 0 radical (unpaired) electrons. The maximum absolute atomic E-state index is 11.8. The molecule has 0 saturated heterocycles. The fraction of sp³-hybridized carbons (Fsp3) is 0.462. The van der Waals surface area contributed by atoms with Crippen LogP contribution in [0.25, 0.3) is 0 Å². The van der Waals surface area contributed by atoms with Gasteiger partial charge in [-0.3, -0.25) is 4.79 Å². The lowest BCUT2D eigenvalue weighted by Crippen LogP contribution is -2.19. The van der Waals surface area contributed by atoms with Crippen LogP contribution in [0.5, 0.6) is 0 Å². The van der Waals surface area contributed by atoms with Gasteiger partial charge in [0, 0.05) is 11.0 Å². The second-order valence-corrected chi connectivity index (χ2v) is 9.59. The van der Waals surface area contributed by atoms with E-state index in [0.717, 1.165) is 6.26 Å². The van der Waals surface area contributed by atoms with Crippen molar-refractivity contribution in [3.63, 3.8) is 0 Å². The Labute approximate surface area is 129 Å². The average molecular weight is 336 g/mol. The van der Waals surface area contributed by atoms with Crippen molar-refractivity contribution in [1.29, 1.82) is 0 Å². The van der Waals surface area contributed by atoms with Crippen molar-refractivity contribution in [2.45, 2.75) is 30.4 Å². The average Bonchev–Trinajstić information content (AvgIpc) is 2.27. The molecule has 0 atom stereocenters. The van der Waals surface area contributed by atoms with Crippen LogP contribution < -0.4 is 5.32 Å². The summed E-state index contributed by atoms with van der Waals surface area (Å²) in [6.45, 7) is 6.05. The highest BCUT2D eigenvalue weighted by atomic mass is 35.5. The summed E-state index contributed by atoms with van der Waals surface area (Å²) in [5.74, 6) is 0.0700. The number of anilines is 1. The number of hydrogen-bond donors (Lipinski definition) is 1. The van der Waals surface area contributed by atoms with Crippen molar-refractivity contribution >= 4 is 44.8 Å². The van der Waals surface area contributed by atoms with Crippen LogP contribution >= 0.6 is 23.4 Å². The number of sulfone groups is 1. The minimum absolute atomic E-state index is 0.0181. The Balaban J connectivity index is 2.85. The van der Waals surface area contributed by atoms with Crippen LogP contribution in [0, 0.1) is 0 Å². The molecule has 0 aliphatic carbocycles. The van der Waals surface area contributed by atoms with E-state index in [0.29, 0.717) is 10.7 Å². The van der Waals surface area contributed by atoms with E-state index in [1.807, 2.05) is 20.8 Å². The highest BCUT2D eigenvalue weighted by Gasteiger charge is 2.15. The van der Waals surface area contributed by atoms with Gasteiger partial charge < -0.3 is 5.32 Å². The number of carbonyl (C=O) groups excluding carboxylic acids is 1. The maximum atomic E-state index is 11.8. The molecular formula is C13H18ClNO3S2. The zero-order valence-corrected chi connectivity index (χ0v) is 14.2. The van der Waals surface area contributed by atoms with Crippen LogP contribution in [0.15, 0.2) is 23.1 Å². The number of nitrogens with one attached hydrogen (secondary N) is 1. The van der Waals surface area contributed by atoms with Gasteiger partial charge in [-0.1, -0.05) is 32.4 Å². The monoisotopic (exact) mass is 335 g/mol. The summed E-state index contributed by atoms with van der Waals surface area (Å²) in [4.78, 5) is 12.0. The Bertz CT molecular complexity index is 607. The van der Waals surface area contributed by atoms with Gasteiger partial charge >= 0.3 is 0 Å². The van der Waals surface area contributed by atoms with Crippen LogP contribution in [0.3, 0.4) is 0 Å². The number of thioether (sulfide) groups is 1. The molecule has 112 valence electrons. The van der Waals surface area contributed by atoms with E-state index < -0.39 is 9.84 Å². The lowest BCUT2D eigenvalue weighted by molar-refractivity contribution is -0.113. The van der Waals surface area contributed by atoms with Crippen LogP contribution in [0.1, 0.15) is 20.8 Å². The number of hydrogen-bond acceptors (Lipinski definition) is 4. The first-order chi connectivity index (χ1) is 8.99. The zero-order valence-electron chi connectivity index (χ0n) is 11.9. The van der Waals surface area contributed by atoms with Gasteiger partial charge in [0.15, 0.2) is 9.84 Å². The van der Waals surface area contributed by atoms with Crippen molar-refractivity contribution in [2.24, 2.45) is 0 Å². The molecule has 1 amide bonds. The second kappa shape index (κ2) is 6.37. The Kier molecular flexibility index (Phi) is 5.52. The molecular weight excluding hydrogens is 318 g/mol. The van der Waals surface area contributed by atoms with E-state index in [-0.39, 0.29) is 21.3 Å². The van der Waals surface area contributed by atoms with Crippen molar-refractivity contribution < 1.29 is 13.2 Å². The summed E-state index contributed by atoms with van der Waals surface area (Å²) >= 11 is 7.47. The van der Waals surface area contributed by atoms with Crippen molar-refractivity contribution in [1.82, 2.24) is 0 Å². The van der Waals surface area contributed by atoms with E-state index in [2.05, 4.69) is 5.32 Å². The lowest BCUT2D eigenvalue weighted by atomic mass is 10.3. The normalized spacial score (nSPS) is 12.2. The molecule has 0 bridgehead atoms. The highest BCUT2D eigenvalue weighted by Crippen LogP contribution is 2.27. The van der Waals surface area contributed by atoms with Crippen molar-refractivity contribution in [3.05, 3.63) is 23.2 Å². The van der Waals surface area contributed by atoms with Gasteiger partial charge in [-0.15, -0.1) is 11.8 Å². The number of amides is 1. The molecule has 0 aromatic heterocycles. The number of benzene rings is 1. The van der Waals surface area contributed by atoms with Gasteiger partial charge in [0.1, 0.15) is 0 Å². The molecule has 1 N–H and O–H groups in total. The van der Waals surface area contributed by atoms with E-state index in [1.54, 1.807) is 0 Å². The van der Waals surface area contributed by atoms with Gasteiger partial charge in [0.2, 0.25) is 5.91 Å². The first-order valence-electron chi connectivity index (χ1n) is 5.92. The zero-order chi connectivity index (χ0) is 15.6. The van der Waals surface area contributed by atoms with E-state index in [9.17, 15) is 13.2 Å². The maximum Gasteiger partial charge on any atom is 0.234 e. The van der Waals surface area contributed by atoms with Gasteiger partial charge in [0.25, 0.3) is 0 Å². The first kappa shape index (κ1) is 17.3. The van der Waals surface area contributed by atoms with E-state index >= 15 is 0 Å². The topological polar surface area (TPSA) is 63.2 Å². The summed E-state index contributed by atoms with van der Waals surface area (Å²) in [7, 11) is -3.33. The molecule has 0 saturated carbocycles. The molecule has 1 aromatic carbocycles. The molecule has 20 heavy (non-hydrogen) atoms. The summed E-state index contributed by atoms with van der Waals surface area (Å²) in [6.07, 6.45) is 1.11. The summed E-state index contributed by atoms with van der Waals surface area (Å²) in [5.41, 5.74) is 0.314. The van der Waals surface area contributed by atoms with E-state index in [1.165, 1.54) is 30.0 Å². The third-order valence-electron chi connectivity index (χ3n) is 2.28. The Morgan fingerprint density at radius 3 is 2.45 bits per heavy atom. The predicted octanol–water partition coefficient (Wildman–Crippen LogP) is 3.21. The third kappa shape index (κ3) is 5.73. The van der Waals surface area contributed by atoms with Crippen LogP contribution in [-0.2, 0) is 14.6 Å². The van der Waals surface area contributed by atoms with Crippen LogP contribution in [0.2, 0.25) is 5.02 Å². The minimum atomic E-state index is -3.33. The first-order valence-corrected chi connectivity index (χ1v) is 9.18. The SMILES string of the molecule is CC(C)(C)SCC(=O)Nc1cc(S(C)(=O)=O)ccc1Cl. The summed E-state index contributed by atoms with van der Waals surface area (Å²) in [6, 6.07) is 4.25. The van der Waals surface area contributed by atoms with Crippen LogP contribution in [0.4, 0.5) is 5.69 Å². The summed E-state index contributed by atoms with van der Waals surface area (Å²) in [5, 5.41) is 2.95. The van der Waals surface area contributed by atoms with Gasteiger partial charge in [0.05, 0.1) is 21.4 Å². The lowest BCUT2D eigenvalue weighted by Gasteiger charge is -2.17. The predicted molar refractivity (Wildman–Crippen MR) is 85.4 cm³/mol. The Morgan fingerprint density at radius 1 is 1.35 bits per heavy atom. The highest BCUT2D eigenvalue weighted by molar-refractivity contribution is 8.01. The standard InChI is InChI=1S/C13H18ClNO3S2/c1-13(2,3)19-8-12(16)15-11-7-9(20(4,17)18)5-6-10(11)14/h5-7H,8H2,1-4H3,(H,15,16). The second-order valence-electron chi connectivity index (χ2n) is 5.36. The number of halogens is 1. The smallest absolute Gasteiger partial charge is 0.234 e. The molecule has 0 unspecified atom stereocenters. The van der Waals surface area contributed by atoms with Crippen LogP contribution in [-0.4, -0.2) is 31.1 Å². The number of rotatable bonds is 4. The molecule has 7 heteroatoms. The Hall–Kier alpha value is -0.720. The molecule has 1 aromatic rings. The number of carbonyl (C=O) groups is 1. The van der Waals surface area contributed by atoms with Crippen molar-refractivity contribution in [2.75, 3.05) is 17.3 Å².